The fourth-order valence-electron chi connectivity index (χ4n) is 3.60. The number of fused-ring (bicyclic) bond motifs is 2. The zero-order chi connectivity index (χ0) is 22.3. The Kier molecular flexibility index (Phi) is 5.87. The first-order valence-electron chi connectivity index (χ1n) is 9.08. The smallest absolute Gasteiger partial charge is 0.354 e. The number of nitrogens with one attached hydrogen (secondary N) is 1. The Morgan fingerprint density at radius 2 is 2.06 bits per heavy atom. The molecule has 2 aromatic heterocycles. The summed E-state index contributed by atoms with van der Waals surface area (Å²) in [4.78, 5) is 50.3. The van der Waals surface area contributed by atoms with Gasteiger partial charge in [-0.15, -0.1) is 0 Å². The maximum Gasteiger partial charge on any atom is 0.354 e. The van der Waals surface area contributed by atoms with E-state index in [1.807, 2.05) is 0 Å². The average molecular weight is 441 g/mol. The van der Waals surface area contributed by atoms with Gasteiger partial charge in [-0.1, -0.05) is 13.5 Å². The van der Waals surface area contributed by atoms with Gasteiger partial charge in [0.25, 0.3) is 5.91 Å². The van der Waals surface area contributed by atoms with Crippen molar-refractivity contribution in [1.29, 1.82) is 0 Å². The first-order chi connectivity index (χ1) is 14.8. The summed E-state index contributed by atoms with van der Waals surface area (Å²) >= 11 is 0. The van der Waals surface area contributed by atoms with Crippen molar-refractivity contribution in [2.24, 2.45) is 0 Å². The van der Waals surface area contributed by atoms with Crippen molar-refractivity contribution in [3.05, 3.63) is 68.7 Å². The van der Waals surface area contributed by atoms with Crippen LogP contribution in [0.25, 0.3) is 5.65 Å². The fourth-order valence-corrected chi connectivity index (χ4v) is 3.60. The zero-order valence-corrected chi connectivity index (χ0v) is 16.1. The van der Waals surface area contributed by atoms with E-state index in [2.05, 4.69) is 15.4 Å². The lowest BCUT2D eigenvalue weighted by atomic mass is 10.0. The standard InChI is InChI=1S/C19H15N5O7.CH4/c1-31-19(28)10-2-4-11-9(6-10)3-5-12(11)22-17(25)14-7-13(18(26)27)21-16-15(24(29)30)8-20-23(14)16;/h2,4,6-8,12H,3,5H2,1H3,(H,22,25)(H,26,27);1H4/t12-;/m0./s1. The molecule has 2 heterocycles. The molecule has 2 N–H and O–H groups in total. The number of aryl methyl sites for hydroxylation is 1. The van der Waals surface area contributed by atoms with Crippen LogP contribution in [-0.2, 0) is 11.2 Å². The van der Waals surface area contributed by atoms with Crippen LogP contribution >= 0.6 is 0 Å². The number of nitrogens with zero attached hydrogens (tertiary/aromatic N) is 4. The number of methoxy groups -OCH3 is 1. The maximum atomic E-state index is 13.0. The van der Waals surface area contributed by atoms with E-state index in [1.54, 1.807) is 18.2 Å². The van der Waals surface area contributed by atoms with E-state index in [-0.39, 0.29) is 18.8 Å². The average Bonchev–Trinajstić information content (AvgIpc) is 3.36. The molecule has 0 radical (unpaired) electrons. The number of benzene rings is 1. The Balaban J connectivity index is 0.00000289. The zero-order valence-electron chi connectivity index (χ0n) is 16.1. The third-order valence-corrected chi connectivity index (χ3v) is 5.05. The van der Waals surface area contributed by atoms with Gasteiger partial charge in [0.15, 0.2) is 5.69 Å². The van der Waals surface area contributed by atoms with Gasteiger partial charge in [-0.3, -0.25) is 14.9 Å². The Morgan fingerprint density at radius 1 is 1.31 bits per heavy atom. The van der Waals surface area contributed by atoms with Gasteiger partial charge in [-0.05, 0) is 36.1 Å². The van der Waals surface area contributed by atoms with Crippen LogP contribution < -0.4 is 5.32 Å². The van der Waals surface area contributed by atoms with E-state index in [0.717, 1.165) is 27.9 Å². The largest absolute Gasteiger partial charge is 0.477 e. The molecule has 12 nitrogen and oxygen atoms in total. The molecular weight excluding hydrogens is 422 g/mol. The number of carbonyl (C=O) groups is 3. The van der Waals surface area contributed by atoms with E-state index in [1.165, 1.54) is 7.11 Å². The summed E-state index contributed by atoms with van der Waals surface area (Å²) in [7, 11) is 1.29. The summed E-state index contributed by atoms with van der Waals surface area (Å²) in [5.74, 6) is -2.56. The third kappa shape index (κ3) is 3.73. The predicted molar refractivity (Wildman–Crippen MR) is 110 cm³/mol. The number of aromatic nitrogens is 3. The van der Waals surface area contributed by atoms with Crippen LogP contribution in [-0.4, -0.2) is 49.6 Å². The van der Waals surface area contributed by atoms with Crippen LogP contribution in [0, 0.1) is 10.1 Å². The van der Waals surface area contributed by atoms with Crippen LogP contribution in [0.5, 0.6) is 0 Å². The molecular formula is C20H19N5O7. The van der Waals surface area contributed by atoms with Crippen molar-refractivity contribution in [2.45, 2.75) is 26.3 Å². The SMILES string of the molecule is C.COC(=O)c1ccc2c(c1)CC[C@@H]2NC(=O)c1cc(C(=O)O)nc2c([N+](=O)[O-])cnn12. The molecule has 0 unspecified atom stereocenters. The number of nitro groups is 1. The summed E-state index contributed by atoms with van der Waals surface area (Å²) in [6.07, 6.45) is 2.08. The molecule has 4 rings (SSSR count). The number of carboxylic acids is 1. The Labute approximate surface area is 181 Å². The second kappa shape index (κ2) is 8.41. The van der Waals surface area contributed by atoms with Crippen molar-refractivity contribution in [3.8, 4) is 0 Å². The number of carboxylic acid groups (broad SMARTS) is 1. The molecule has 0 saturated heterocycles. The molecule has 32 heavy (non-hydrogen) atoms. The monoisotopic (exact) mass is 441 g/mol. The molecule has 1 aliphatic carbocycles. The molecule has 1 aliphatic rings. The summed E-state index contributed by atoms with van der Waals surface area (Å²) in [5.41, 5.74) is 0.526. The molecule has 12 heteroatoms. The topological polar surface area (TPSA) is 166 Å². The number of amides is 1. The third-order valence-electron chi connectivity index (χ3n) is 5.05. The van der Waals surface area contributed by atoms with E-state index >= 15 is 0 Å². The quantitative estimate of drug-likeness (QED) is 0.343. The molecule has 0 fully saturated rings. The van der Waals surface area contributed by atoms with Crippen molar-refractivity contribution in [2.75, 3.05) is 7.11 Å². The number of esters is 1. The number of carbonyl (C=O) groups excluding carboxylic acids is 2. The molecule has 0 saturated carbocycles. The lowest BCUT2D eigenvalue weighted by Gasteiger charge is -2.15. The minimum absolute atomic E-state index is 0. The van der Waals surface area contributed by atoms with Crippen molar-refractivity contribution in [1.82, 2.24) is 19.9 Å². The summed E-state index contributed by atoms with van der Waals surface area (Å²) in [5, 5.41) is 27.1. The number of rotatable bonds is 5. The Hall–Kier alpha value is -4.35. The Morgan fingerprint density at radius 3 is 2.72 bits per heavy atom. The van der Waals surface area contributed by atoms with E-state index in [9.17, 15) is 29.6 Å². The minimum Gasteiger partial charge on any atom is -0.477 e. The second-order valence-electron chi connectivity index (χ2n) is 6.82. The minimum atomic E-state index is -1.44. The van der Waals surface area contributed by atoms with Crippen LogP contribution in [0.15, 0.2) is 30.5 Å². The Bertz CT molecular complexity index is 1270. The summed E-state index contributed by atoms with van der Waals surface area (Å²) < 4.78 is 5.66. The van der Waals surface area contributed by atoms with Crippen molar-refractivity contribution in [3.63, 3.8) is 0 Å². The normalized spacial score (nSPS) is 14.3. The molecule has 166 valence electrons. The van der Waals surface area contributed by atoms with Crippen LogP contribution in [0.1, 0.15) is 62.4 Å². The molecule has 0 bridgehead atoms. The fraction of sp³-hybridized carbons (Fsp3) is 0.250. The predicted octanol–water partition coefficient (Wildman–Crippen LogP) is 2.18. The molecule has 0 aliphatic heterocycles. The van der Waals surface area contributed by atoms with E-state index in [4.69, 9.17) is 4.74 Å². The van der Waals surface area contributed by atoms with E-state index in [0.29, 0.717) is 18.4 Å². The van der Waals surface area contributed by atoms with Crippen LogP contribution in [0.4, 0.5) is 5.69 Å². The summed E-state index contributed by atoms with van der Waals surface area (Å²) in [6.45, 7) is 0. The molecule has 3 aromatic rings. The number of hydrogen-bond acceptors (Lipinski definition) is 8. The van der Waals surface area contributed by atoms with Crippen molar-refractivity contribution >= 4 is 29.2 Å². The number of ether oxygens (including phenoxy) is 1. The molecule has 1 atom stereocenters. The maximum absolute atomic E-state index is 13.0. The van der Waals surface area contributed by atoms with Gasteiger partial charge in [0.05, 0.1) is 23.6 Å². The van der Waals surface area contributed by atoms with Crippen LogP contribution in [0.3, 0.4) is 0 Å². The highest BCUT2D eigenvalue weighted by molar-refractivity contribution is 5.97. The van der Waals surface area contributed by atoms with Gasteiger partial charge >= 0.3 is 17.6 Å². The lowest BCUT2D eigenvalue weighted by molar-refractivity contribution is -0.383. The number of hydrogen-bond donors (Lipinski definition) is 2. The highest BCUT2D eigenvalue weighted by Gasteiger charge is 2.28. The first-order valence-corrected chi connectivity index (χ1v) is 9.08. The van der Waals surface area contributed by atoms with Crippen molar-refractivity contribution < 1.29 is 29.2 Å². The van der Waals surface area contributed by atoms with E-state index < -0.39 is 40.2 Å². The first kappa shape index (κ1) is 22.3. The molecule has 0 spiro atoms. The van der Waals surface area contributed by atoms with Gasteiger partial charge in [0, 0.05) is 6.07 Å². The lowest BCUT2D eigenvalue weighted by Crippen LogP contribution is -2.29. The summed E-state index contributed by atoms with van der Waals surface area (Å²) in [6, 6.07) is 5.65. The van der Waals surface area contributed by atoms with Gasteiger partial charge in [0.1, 0.15) is 11.9 Å². The van der Waals surface area contributed by atoms with Gasteiger partial charge < -0.3 is 15.2 Å². The highest BCUT2D eigenvalue weighted by Crippen LogP contribution is 2.32. The van der Waals surface area contributed by atoms with Gasteiger partial charge in [-0.25, -0.2) is 19.1 Å². The van der Waals surface area contributed by atoms with Gasteiger partial charge in [-0.2, -0.15) is 5.10 Å². The second-order valence-corrected chi connectivity index (χ2v) is 6.82. The van der Waals surface area contributed by atoms with Gasteiger partial charge in [0.2, 0.25) is 5.65 Å². The molecule has 1 aromatic carbocycles. The molecule has 1 amide bonds. The number of aromatic carboxylic acids is 1. The van der Waals surface area contributed by atoms with Crippen LogP contribution in [0.2, 0.25) is 0 Å². The highest BCUT2D eigenvalue weighted by atomic mass is 16.6.